The lowest BCUT2D eigenvalue weighted by Crippen LogP contribution is -2.70. The van der Waals surface area contributed by atoms with E-state index in [4.69, 9.17) is 47.4 Å². The summed E-state index contributed by atoms with van der Waals surface area (Å²) < 4.78 is 60.4. The Balaban J connectivity index is 2.53. The van der Waals surface area contributed by atoms with Gasteiger partial charge in [0.1, 0.15) is 42.7 Å². The molecule has 2 heterocycles. The van der Waals surface area contributed by atoms with Crippen molar-refractivity contribution in [3.63, 3.8) is 0 Å². The molecule has 42 heavy (non-hydrogen) atoms. The van der Waals surface area contributed by atoms with E-state index in [2.05, 4.69) is 20.8 Å². The molecule has 0 bridgehead atoms. The van der Waals surface area contributed by atoms with Crippen molar-refractivity contribution in [2.75, 3.05) is 54.9 Å². The van der Waals surface area contributed by atoms with Gasteiger partial charge in [-0.05, 0) is 25.7 Å². The maximum atomic E-state index is 13.0. The highest BCUT2D eigenvalue weighted by molar-refractivity contribution is 5.80. The fraction of sp³-hybridized carbons (Fsp3) is 0.967. The van der Waals surface area contributed by atoms with Gasteiger partial charge in [0.05, 0.1) is 13.7 Å². The third kappa shape index (κ3) is 9.06. The van der Waals surface area contributed by atoms with Crippen molar-refractivity contribution < 1.29 is 57.3 Å². The topological polar surface area (TPSA) is 130 Å². The molecule has 2 saturated heterocycles. The summed E-state index contributed by atoms with van der Waals surface area (Å²) in [5.41, 5.74) is -1.75. The Morgan fingerprint density at radius 2 is 1.33 bits per heavy atom. The largest absolute Gasteiger partial charge is 0.467 e. The third-order valence-corrected chi connectivity index (χ3v) is 7.96. The van der Waals surface area contributed by atoms with Crippen LogP contribution in [0.4, 0.5) is 0 Å². The van der Waals surface area contributed by atoms with Gasteiger partial charge in [-0.3, -0.25) is 0 Å². The lowest BCUT2D eigenvalue weighted by molar-refractivity contribution is -0.378. The van der Waals surface area contributed by atoms with E-state index in [1.807, 2.05) is 0 Å². The van der Waals surface area contributed by atoms with Crippen LogP contribution in [0.15, 0.2) is 0 Å². The molecule has 0 saturated carbocycles. The van der Waals surface area contributed by atoms with Crippen LogP contribution in [0.3, 0.4) is 0 Å². The maximum absolute atomic E-state index is 13.0. The molecule has 248 valence electrons. The van der Waals surface area contributed by atoms with Crippen LogP contribution in [-0.2, 0) is 52.2 Å². The first-order chi connectivity index (χ1) is 20.3. The summed E-state index contributed by atoms with van der Waals surface area (Å²) in [6.45, 7) is 9.71. The molecule has 6 unspecified atom stereocenters. The molecule has 12 heteroatoms. The number of unbranched alkanes of at least 4 members (excludes halogenated alkanes) is 3. The van der Waals surface area contributed by atoms with Crippen LogP contribution in [-0.4, -0.2) is 127 Å². The van der Waals surface area contributed by atoms with Crippen molar-refractivity contribution in [3.05, 3.63) is 0 Å². The average molecular weight is 609 g/mol. The Bertz CT molecular complexity index is 741. The van der Waals surface area contributed by atoms with Gasteiger partial charge in [0, 0.05) is 41.2 Å². The van der Waals surface area contributed by atoms with Gasteiger partial charge in [0.15, 0.2) is 18.2 Å². The Labute approximate surface area is 251 Å². The van der Waals surface area contributed by atoms with E-state index in [-0.39, 0.29) is 13.0 Å². The van der Waals surface area contributed by atoms with Gasteiger partial charge < -0.3 is 52.5 Å². The third-order valence-electron chi connectivity index (χ3n) is 7.96. The molecule has 2 fully saturated rings. The number of hydrogen-bond acceptors (Lipinski definition) is 12. The lowest BCUT2D eigenvalue weighted by atomic mass is 9.84. The summed E-state index contributed by atoms with van der Waals surface area (Å²) in [7, 11) is 5.72. The van der Waals surface area contributed by atoms with Crippen LogP contribution in [0, 0.1) is 0 Å². The molecule has 0 aromatic carbocycles. The van der Waals surface area contributed by atoms with Crippen LogP contribution in [0.1, 0.15) is 72.6 Å². The summed E-state index contributed by atoms with van der Waals surface area (Å²) in [5, 5.41) is 11.3. The summed E-state index contributed by atoms with van der Waals surface area (Å²) in [6, 6.07) is 0. The minimum Gasteiger partial charge on any atom is -0.467 e. The number of esters is 1. The molecule has 0 spiro atoms. The van der Waals surface area contributed by atoms with Gasteiger partial charge >= 0.3 is 5.97 Å². The van der Waals surface area contributed by atoms with Crippen molar-refractivity contribution in [2.45, 2.75) is 134 Å². The first-order valence-electron chi connectivity index (χ1n) is 15.5. The minimum absolute atomic E-state index is 0.104. The zero-order chi connectivity index (χ0) is 31.1. The van der Waals surface area contributed by atoms with E-state index in [0.29, 0.717) is 19.8 Å². The zero-order valence-corrected chi connectivity index (χ0v) is 26.9. The second-order valence-electron chi connectivity index (χ2n) is 10.8. The van der Waals surface area contributed by atoms with Gasteiger partial charge in [0.2, 0.25) is 0 Å². The fourth-order valence-electron chi connectivity index (χ4n) is 5.40. The predicted molar refractivity (Wildman–Crippen MR) is 153 cm³/mol. The highest BCUT2D eigenvalue weighted by Crippen LogP contribution is 2.39. The van der Waals surface area contributed by atoms with E-state index < -0.39 is 66.9 Å². The normalized spacial score (nSPS) is 35.3. The number of carbonyl (C=O) groups is 1. The van der Waals surface area contributed by atoms with Crippen molar-refractivity contribution >= 4 is 5.97 Å². The van der Waals surface area contributed by atoms with Crippen molar-refractivity contribution in [1.29, 1.82) is 0 Å². The molecule has 0 amide bonds. The lowest BCUT2D eigenvalue weighted by Gasteiger charge is -2.51. The number of aliphatic hydroxyl groups is 1. The predicted octanol–water partition coefficient (Wildman–Crippen LogP) is 3.00. The van der Waals surface area contributed by atoms with Gasteiger partial charge in [-0.2, -0.15) is 0 Å². The molecule has 2 aliphatic rings. The Kier molecular flexibility index (Phi) is 17.3. The zero-order valence-electron chi connectivity index (χ0n) is 26.9. The first kappa shape index (κ1) is 37.3. The molecule has 0 aromatic rings. The molecule has 0 radical (unpaired) electrons. The van der Waals surface area contributed by atoms with E-state index in [9.17, 15) is 9.90 Å². The highest BCUT2D eigenvalue weighted by Gasteiger charge is 2.61. The van der Waals surface area contributed by atoms with Crippen molar-refractivity contribution in [1.82, 2.24) is 0 Å². The summed E-state index contributed by atoms with van der Waals surface area (Å²) in [6.07, 6.45) is -2.19. The van der Waals surface area contributed by atoms with E-state index >= 15 is 0 Å². The first-order valence-corrected chi connectivity index (χ1v) is 15.5. The molecule has 1 N–H and O–H groups in total. The average Bonchev–Trinajstić information content (AvgIpc) is 3.00. The number of hydrogen-bond donors (Lipinski definition) is 1. The molecule has 12 nitrogen and oxygen atoms in total. The summed E-state index contributed by atoms with van der Waals surface area (Å²) in [5.74, 6) is -0.738. The SMILES string of the molecule is CCCCOCC1O[C@H](OC)C(OCCCC)C(OCCCC)[C@@H]1O[C@@H]1OC(CC)(C(=O)OC)[C@@H](O)C(OC)C1OC. The number of rotatable bonds is 20. The summed E-state index contributed by atoms with van der Waals surface area (Å²) >= 11 is 0. The molecular weight excluding hydrogens is 552 g/mol. The summed E-state index contributed by atoms with van der Waals surface area (Å²) in [4.78, 5) is 13.0. The smallest absolute Gasteiger partial charge is 0.341 e. The highest BCUT2D eigenvalue weighted by atomic mass is 16.8. The molecule has 0 aromatic heterocycles. The molecular formula is C30H56O12. The number of carbonyl (C=O) groups excluding carboxylic acids is 1. The van der Waals surface area contributed by atoms with Gasteiger partial charge in [-0.25, -0.2) is 4.79 Å². The molecule has 2 aliphatic heterocycles. The Hall–Kier alpha value is -0.930. The standard InChI is InChI=1S/C30H56O12/c1-9-13-16-37-19-20-21(22(38-17-14-10-2)25(27(35-7)40-20)39-18-15-11-3)41-28-24(34-6)23(33-5)26(31)30(12-4,42-28)29(32)36-8/h20-28,31H,9-19H2,1-8H3/t20?,21-,22?,23?,24?,25?,26+,27+,28-,30?/m1/s1. The van der Waals surface area contributed by atoms with Gasteiger partial charge in [-0.15, -0.1) is 0 Å². The van der Waals surface area contributed by atoms with Crippen LogP contribution >= 0.6 is 0 Å². The number of ether oxygens (including phenoxy) is 10. The fourth-order valence-corrected chi connectivity index (χ4v) is 5.40. The van der Waals surface area contributed by atoms with Crippen LogP contribution in [0.5, 0.6) is 0 Å². The number of methoxy groups -OCH3 is 4. The van der Waals surface area contributed by atoms with Gasteiger partial charge in [0.25, 0.3) is 0 Å². The Morgan fingerprint density at radius 1 is 0.738 bits per heavy atom. The minimum atomic E-state index is -1.75. The number of aliphatic hydroxyl groups excluding tert-OH is 1. The van der Waals surface area contributed by atoms with Crippen molar-refractivity contribution in [3.8, 4) is 0 Å². The quantitative estimate of drug-likeness (QED) is 0.161. The molecule has 2 rings (SSSR count). The maximum Gasteiger partial charge on any atom is 0.341 e. The molecule has 0 aliphatic carbocycles. The van der Waals surface area contributed by atoms with E-state index in [1.54, 1.807) is 14.0 Å². The monoisotopic (exact) mass is 608 g/mol. The van der Waals surface area contributed by atoms with Crippen LogP contribution in [0.25, 0.3) is 0 Å². The van der Waals surface area contributed by atoms with Crippen molar-refractivity contribution in [2.24, 2.45) is 0 Å². The molecule has 10 atom stereocenters. The van der Waals surface area contributed by atoms with E-state index in [1.165, 1.54) is 21.3 Å². The second-order valence-corrected chi connectivity index (χ2v) is 10.8. The van der Waals surface area contributed by atoms with Gasteiger partial charge in [-0.1, -0.05) is 47.0 Å². The second kappa shape index (κ2) is 19.5. The Morgan fingerprint density at radius 3 is 1.86 bits per heavy atom. The van der Waals surface area contributed by atoms with Crippen LogP contribution < -0.4 is 0 Å². The van der Waals surface area contributed by atoms with Crippen LogP contribution in [0.2, 0.25) is 0 Å². The van der Waals surface area contributed by atoms with E-state index in [0.717, 1.165) is 38.5 Å².